The van der Waals surface area contributed by atoms with E-state index < -0.39 is 17.9 Å². The second kappa shape index (κ2) is 5.14. The van der Waals surface area contributed by atoms with Gasteiger partial charge in [-0.15, -0.1) is 0 Å². The van der Waals surface area contributed by atoms with E-state index in [4.69, 9.17) is 4.74 Å². The second-order valence-corrected chi connectivity index (χ2v) is 4.22. The molecule has 0 aromatic carbocycles. The standard InChI is InChI=1S/C10H16F3NO2/c1-7(2)14-3-4-16-6-8(5-14)9(15)10(11,12)13/h7-8H,3-6H2,1-2H3/t8-/m1/s1. The molecule has 1 heterocycles. The van der Waals surface area contributed by atoms with Gasteiger partial charge in [-0.05, 0) is 13.8 Å². The number of ether oxygens (including phenoxy) is 1. The first kappa shape index (κ1) is 13.4. The molecule has 0 aromatic rings. The van der Waals surface area contributed by atoms with E-state index in [0.29, 0.717) is 13.2 Å². The number of rotatable bonds is 2. The lowest BCUT2D eigenvalue weighted by Crippen LogP contribution is -2.41. The molecule has 0 amide bonds. The molecular weight excluding hydrogens is 223 g/mol. The van der Waals surface area contributed by atoms with E-state index in [9.17, 15) is 18.0 Å². The van der Waals surface area contributed by atoms with Crippen LogP contribution in [-0.4, -0.2) is 49.2 Å². The lowest BCUT2D eigenvalue weighted by molar-refractivity contribution is -0.177. The van der Waals surface area contributed by atoms with E-state index in [0.717, 1.165) is 0 Å². The summed E-state index contributed by atoms with van der Waals surface area (Å²) in [4.78, 5) is 12.9. The maximum absolute atomic E-state index is 12.3. The summed E-state index contributed by atoms with van der Waals surface area (Å²) >= 11 is 0. The van der Waals surface area contributed by atoms with Gasteiger partial charge in [0.1, 0.15) is 0 Å². The van der Waals surface area contributed by atoms with Crippen LogP contribution >= 0.6 is 0 Å². The minimum Gasteiger partial charge on any atom is -0.379 e. The Kier molecular flexibility index (Phi) is 4.32. The number of halogens is 3. The molecule has 6 heteroatoms. The molecule has 0 aromatic heterocycles. The lowest BCUT2D eigenvalue weighted by Gasteiger charge is -2.26. The molecule has 0 spiro atoms. The third-order valence-electron chi connectivity index (χ3n) is 2.68. The van der Waals surface area contributed by atoms with Gasteiger partial charge in [-0.25, -0.2) is 0 Å². The molecule has 0 bridgehead atoms. The Morgan fingerprint density at radius 3 is 2.56 bits per heavy atom. The molecule has 1 fully saturated rings. The molecule has 0 unspecified atom stereocenters. The zero-order chi connectivity index (χ0) is 12.3. The number of carbonyl (C=O) groups is 1. The number of Topliss-reactive ketones (excluding diaryl/α,β-unsaturated/α-hetero) is 1. The molecule has 1 aliphatic heterocycles. The zero-order valence-corrected chi connectivity index (χ0v) is 9.38. The molecule has 1 rings (SSSR count). The van der Waals surface area contributed by atoms with Crippen molar-refractivity contribution in [1.82, 2.24) is 4.90 Å². The summed E-state index contributed by atoms with van der Waals surface area (Å²) in [6, 6.07) is 0.116. The first-order valence-corrected chi connectivity index (χ1v) is 5.25. The van der Waals surface area contributed by atoms with E-state index in [2.05, 4.69) is 0 Å². The maximum Gasteiger partial charge on any atom is 0.450 e. The Bertz CT molecular complexity index is 253. The highest BCUT2D eigenvalue weighted by Crippen LogP contribution is 2.23. The fourth-order valence-corrected chi connectivity index (χ4v) is 1.69. The summed E-state index contributed by atoms with van der Waals surface area (Å²) in [7, 11) is 0. The van der Waals surface area contributed by atoms with Crippen LogP contribution in [0.4, 0.5) is 13.2 Å². The van der Waals surface area contributed by atoms with Crippen molar-refractivity contribution >= 4 is 5.78 Å². The van der Waals surface area contributed by atoms with Gasteiger partial charge in [-0.3, -0.25) is 9.69 Å². The van der Waals surface area contributed by atoms with Gasteiger partial charge in [0.25, 0.3) is 0 Å². The first-order chi connectivity index (χ1) is 7.32. The number of ketones is 1. The molecular formula is C10H16F3NO2. The van der Waals surface area contributed by atoms with Gasteiger partial charge in [-0.2, -0.15) is 13.2 Å². The molecule has 1 saturated heterocycles. The summed E-state index contributed by atoms with van der Waals surface area (Å²) in [5, 5.41) is 0. The smallest absolute Gasteiger partial charge is 0.379 e. The molecule has 16 heavy (non-hydrogen) atoms. The van der Waals surface area contributed by atoms with Crippen LogP contribution in [0.1, 0.15) is 13.8 Å². The maximum atomic E-state index is 12.3. The zero-order valence-electron chi connectivity index (χ0n) is 9.38. The van der Waals surface area contributed by atoms with Crippen molar-refractivity contribution in [3.8, 4) is 0 Å². The van der Waals surface area contributed by atoms with Crippen LogP contribution in [0.2, 0.25) is 0 Å². The Balaban J connectivity index is 2.69. The number of hydrogen-bond acceptors (Lipinski definition) is 3. The Morgan fingerprint density at radius 2 is 2.06 bits per heavy atom. The fraction of sp³-hybridized carbons (Fsp3) is 0.900. The number of nitrogens with zero attached hydrogens (tertiary/aromatic N) is 1. The third-order valence-corrected chi connectivity index (χ3v) is 2.68. The molecule has 0 saturated carbocycles. The molecule has 1 aliphatic rings. The summed E-state index contributed by atoms with van der Waals surface area (Å²) in [5.74, 6) is -2.77. The van der Waals surface area contributed by atoms with Gasteiger partial charge >= 0.3 is 6.18 Å². The first-order valence-electron chi connectivity index (χ1n) is 5.25. The van der Waals surface area contributed by atoms with E-state index in [-0.39, 0.29) is 19.2 Å². The molecule has 94 valence electrons. The highest BCUT2D eigenvalue weighted by atomic mass is 19.4. The van der Waals surface area contributed by atoms with Crippen LogP contribution in [0.3, 0.4) is 0 Å². The van der Waals surface area contributed by atoms with Crippen molar-refractivity contribution in [2.45, 2.75) is 26.1 Å². The predicted molar refractivity (Wildman–Crippen MR) is 52.1 cm³/mol. The highest BCUT2D eigenvalue weighted by Gasteiger charge is 2.44. The van der Waals surface area contributed by atoms with Gasteiger partial charge in [0.15, 0.2) is 0 Å². The van der Waals surface area contributed by atoms with Crippen LogP contribution in [-0.2, 0) is 9.53 Å². The van der Waals surface area contributed by atoms with E-state index in [1.165, 1.54) is 0 Å². The van der Waals surface area contributed by atoms with E-state index in [1.54, 1.807) is 0 Å². The van der Waals surface area contributed by atoms with Gasteiger partial charge < -0.3 is 4.74 Å². The van der Waals surface area contributed by atoms with Gasteiger partial charge in [0.2, 0.25) is 5.78 Å². The normalized spacial score (nSPS) is 24.5. The van der Waals surface area contributed by atoms with Crippen molar-refractivity contribution in [1.29, 1.82) is 0 Å². The van der Waals surface area contributed by atoms with Crippen LogP contribution in [0.25, 0.3) is 0 Å². The van der Waals surface area contributed by atoms with Gasteiger partial charge in [-0.1, -0.05) is 0 Å². The molecule has 3 nitrogen and oxygen atoms in total. The SMILES string of the molecule is CC(C)N1CCOC[C@H](C(=O)C(F)(F)F)C1. The van der Waals surface area contributed by atoms with Crippen molar-refractivity contribution in [2.24, 2.45) is 5.92 Å². The van der Waals surface area contributed by atoms with Gasteiger partial charge in [0.05, 0.1) is 19.1 Å². The van der Waals surface area contributed by atoms with E-state index >= 15 is 0 Å². The van der Waals surface area contributed by atoms with Crippen LogP contribution < -0.4 is 0 Å². The lowest BCUT2D eigenvalue weighted by atomic mass is 10.0. The van der Waals surface area contributed by atoms with Crippen LogP contribution in [0, 0.1) is 5.92 Å². The molecule has 0 aliphatic carbocycles. The predicted octanol–water partition coefficient (Wildman–Crippen LogP) is 1.47. The molecule has 1 atom stereocenters. The second-order valence-electron chi connectivity index (χ2n) is 4.22. The summed E-state index contributed by atoms with van der Waals surface area (Å²) in [5.41, 5.74) is 0. The number of alkyl halides is 3. The average Bonchev–Trinajstić information content (AvgIpc) is 2.40. The minimum atomic E-state index is -4.76. The van der Waals surface area contributed by atoms with Crippen molar-refractivity contribution in [3.05, 3.63) is 0 Å². The Hall–Kier alpha value is -0.620. The highest BCUT2D eigenvalue weighted by molar-refractivity contribution is 5.86. The van der Waals surface area contributed by atoms with Crippen molar-refractivity contribution in [3.63, 3.8) is 0 Å². The largest absolute Gasteiger partial charge is 0.450 e. The summed E-state index contributed by atoms with van der Waals surface area (Å²) in [6.07, 6.45) is -4.76. The van der Waals surface area contributed by atoms with Gasteiger partial charge in [0, 0.05) is 19.1 Å². The molecule has 0 N–H and O–H groups in total. The average molecular weight is 239 g/mol. The summed E-state index contributed by atoms with van der Waals surface area (Å²) in [6.45, 7) is 4.71. The van der Waals surface area contributed by atoms with E-state index in [1.807, 2.05) is 18.7 Å². The number of carbonyl (C=O) groups excluding carboxylic acids is 1. The topological polar surface area (TPSA) is 29.5 Å². The third kappa shape index (κ3) is 3.45. The summed E-state index contributed by atoms with van der Waals surface area (Å²) < 4.78 is 41.9. The Morgan fingerprint density at radius 1 is 1.44 bits per heavy atom. The van der Waals surface area contributed by atoms with Crippen molar-refractivity contribution in [2.75, 3.05) is 26.3 Å². The fourth-order valence-electron chi connectivity index (χ4n) is 1.69. The minimum absolute atomic E-state index is 0.116. The van der Waals surface area contributed by atoms with Crippen molar-refractivity contribution < 1.29 is 22.7 Å². The van der Waals surface area contributed by atoms with Crippen LogP contribution in [0.15, 0.2) is 0 Å². The Labute approximate surface area is 92.5 Å². The molecule has 0 radical (unpaired) electrons. The monoisotopic (exact) mass is 239 g/mol. The quantitative estimate of drug-likeness (QED) is 0.731. The van der Waals surface area contributed by atoms with Crippen LogP contribution in [0.5, 0.6) is 0 Å². The number of hydrogen-bond donors (Lipinski definition) is 0.